The number of nitrogens with one attached hydrogen (secondary N) is 3. The largest absolute Gasteiger partial charge is 0.367 e. The topological polar surface area (TPSA) is 74.0 Å². The molecule has 0 radical (unpaired) electrons. The van der Waals surface area contributed by atoms with Gasteiger partial charge in [0.1, 0.15) is 0 Å². The van der Waals surface area contributed by atoms with Gasteiger partial charge in [-0.2, -0.15) is 0 Å². The maximum absolute atomic E-state index is 12.0. The second-order valence-electron chi connectivity index (χ2n) is 4.49. The molecule has 0 bridgehead atoms. The SMILES string of the molecule is CC(=O)Nc1cccc(C(=O)NCCc2cc[nH]c2)c1. The third kappa shape index (κ3) is 3.98. The van der Waals surface area contributed by atoms with Crippen LogP contribution in [0.25, 0.3) is 0 Å². The summed E-state index contributed by atoms with van der Waals surface area (Å²) >= 11 is 0. The molecular weight excluding hydrogens is 254 g/mol. The number of hydrogen-bond donors (Lipinski definition) is 3. The summed E-state index contributed by atoms with van der Waals surface area (Å²) in [6.45, 7) is 2.00. The van der Waals surface area contributed by atoms with Crippen LogP contribution in [0.15, 0.2) is 42.7 Å². The summed E-state index contributed by atoms with van der Waals surface area (Å²) in [6, 6.07) is 8.85. The number of hydrogen-bond acceptors (Lipinski definition) is 2. The molecule has 0 fully saturated rings. The lowest BCUT2D eigenvalue weighted by molar-refractivity contribution is -0.114. The number of benzene rings is 1. The second-order valence-corrected chi connectivity index (χ2v) is 4.49. The molecule has 20 heavy (non-hydrogen) atoms. The predicted octanol–water partition coefficient (Wildman–Crippen LogP) is 1.95. The summed E-state index contributed by atoms with van der Waals surface area (Å²) in [5, 5.41) is 5.51. The number of anilines is 1. The summed E-state index contributed by atoms with van der Waals surface area (Å²) in [6.07, 6.45) is 4.54. The molecule has 1 aromatic carbocycles. The average Bonchev–Trinajstić information content (AvgIpc) is 2.91. The fourth-order valence-electron chi connectivity index (χ4n) is 1.88. The van der Waals surface area contributed by atoms with Crippen molar-refractivity contribution >= 4 is 17.5 Å². The van der Waals surface area contributed by atoms with Gasteiger partial charge in [-0.25, -0.2) is 0 Å². The highest BCUT2D eigenvalue weighted by Crippen LogP contribution is 2.10. The number of rotatable bonds is 5. The molecule has 3 N–H and O–H groups in total. The van der Waals surface area contributed by atoms with Crippen LogP contribution in [0.5, 0.6) is 0 Å². The van der Waals surface area contributed by atoms with Gasteiger partial charge in [0, 0.05) is 37.1 Å². The van der Waals surface area contributed by atoms with Gasteiger partial charge in [-0.15, -0.1) is 0 Å². The molecule has 0 saturated carbocycles. The Morgan fingerprint density at radius 1 is 1.25 bits per heavy atom. The predicted molar refractivity (Wildman–Crippen MR) is 77.6 cm³/mol. The monoisotopic (exact) mass is 271 g/mol. The smallest absolute Gasteiger partial charge is 0.251 e. The molecule has 104 valence electrons. The number of amides is 2. The Hall–Kier alpha value is -2.56. The summed E-state index contributed by atoms with van der Waals surface area (Å²) in [5.41, 5.74) is 2.30. The van der Waals surface area contributed by atoms with Crippen molar-refractivity contribution in [1.82, 2.24) is 10.3 Å². The third-order valence-electron chi connectivity index (χ3n) is 2.81. The first-order chi connectivity index (χ1) is 9.65. The van der Waals surface area contributed by atoms with E-state index in [0.717, 1.165) is 12.0 Å². The van der Waals surface area contributed by atoms with Crippen LogP contribution in [0.3, 0.4) is 0 Å². The lowest BCUT2D eigenvalue weighted by Crippen LogP contribution is -2.25. The molecule has 0 saturated heterocycles. The van der Waals surface area contributed by atoms with Crippen LogP contribution in [0.2, 0.25) is 0 Å². The highest BCUT2D eigenvalue weighted by molar-refractivity contribution is 5.96. The molecular formula is C15H17N3O2. The number of carbonyl (C=O) groups is 2. The molecule has 1 aromatic heterocycles. The fraction of sp³-hybridized carbons (Fsp3) is 0.200. The van der Waals surface area contributed by atoms with E-state index >= 15 is 0 Å². The standard InChI is InChI=1S/C15H17N3O2/c1-11(19)18-14-4-2-3-13(9-14)15(20)17-8-6-12-5-7-16-10-12/h2-5,7,9-10,16H,6,8H2,1H3,(H,17,20)(H,18,19). The Morgan fingerprint density at radius 3 is 2.80 bits per heavy atom. The minimum Gasteiger partial charge on any atom is -0.367 e. The van der Waals surface area contributed by atoms with E-state index < -0.39 is 0 Å². The van der Waals surface area contributed by atoms with Crippen molar-refractivity contribution in [2.45, 2.75) is 13.3 Å². The first kappa shape index (κ1) is 13.9. The molecule has 0 aliphatic rings. The van der Waals surface area contributed by atoms with Gasteiger partial charge in [-0.3, -0.25) is 9.59 Å². The van der Waals surface area contributed by atoms with E-state index in [0.29, 0.717) is 17.8 Å². The third-order valence-corrected chi connectivity index (χ3v) is 2.81. The second kappa shape index (κ2) is 6.56. The minimum absolute atomic E-state index is 0.146. The molecule has 2 rings (SSSR count). The lowest BCUT2D eigenvalue weighted by Gasteiger charge is -2.07. The molecule has 1 heterocycles. The molecule has 2 aromatic rings. The van der Waals surface area contributed by atoms with Crippen molar-refractivity contribution in [3.63, 3.8) is 0 Å². The van der Waals surface area contributed by atoms with Crippen molar-refractivity contribution in [3.05, 3.63) is 53.9 Å². The van der Waals surface area contributed by atoms with Gasteiger partial charge >= 0.3 is 0 Å². The zero-order chi connectivity index (χ0) is 14.4. The Bertz CT molecular complexity index is 591. The lowest BCUT2D eigenvalue weighted by atomic mass is 10.2. The van der Waals surface area contributed by atoms with Crippen molar-refractivity contribution in [3.8, 4) is 0 Å². The highest BCUT2D eigenvalue weighted by Gasteiger charge is 2.06. The molecule has 5 heteroatoms. The van der Waals surface area contributed by atoms with E-state index in [-0.39, 0.29) is 11.8 Å². The fourth-order valence-corrected chi connectivity index (χ4v) is 1.88. The van der Waals surface area contributed by atoms with E-state index in [1.165, 1.54) is 6.92 Å². The Morgan fingerprint density at radius 2 is 2.10 bits per heavy atom. The van der Waals surface area contributed by atoms with Gasteiger partial charge in [-0.1, -0.05) is 6.07 Å². The molecule has 5 nitrogen and oxygen atoms in total. The van der Waals surface area contributed by atoms with E-state index in [4.69, 9.17) is 0 Å². The Kier molecular flexibility index (Phi) is 4.55. The maximum atomic E-state index is 12.0. The summed E-state index contributed by atoms with van der Waals surface area (Å²) in [7, 11) is 0. The molecule has 0 spiro atoms. The summed E-state index contributed by atoms with van der Waals surface area (Å²) < 4.78 is 0. The zero-order valence-electron chi connectivity index (χ0n) is 11.3. The quantitative estimate of drug-likeness (QED) is 0.777. The van der Waals surface area contributed by atoms with E-state index in [1.807, 2.05) is 18.5 Å². The molecule has 0 unspecified atom stereocenters. The van der Waals surface area contributed by atoms with Crippen LogP contribution in [-0.2, 0) is 11.2 Å². The first-order valence-electron chi connectivity index (χ1n) is 6.42. The average molecular weight is 271 g/mol. The van der Waals surface area contributed by atoms with Gasteiger partial charge in [0.2, 0.25) is 5.91 Å². The molecule has 2 amide bonds. The van der Waals surface area contributed by atoms with Crippen molar-refractivity contribution in [1.29, 1.82) is 0 Å². The van der Waals surface area contributed by atoms with Gasteiger partial charge in [-0.05, 0) is 36.2 Å². The Labute approximate surface area is 117 Å². The van der Waals surface area contributed by atoms with E-state index in [1.54, 1.807) is 24.3 Å². The maximum Gasteiger partial charge on any atom is 0.251 e. The van der Waals surface area contributed by atoms with Gasteiger partial charge in [0.15, 0.2) is 0 Å². The first-order valence-corrected chi connectivity index (χ1v) is 6.42. The van der Waals surface area contributed by atoms with Crippen LogP contribution in [0, 0.1) is 0 Å². The molecule has 0 aliphatic heterocycles. The van der Waals surface area contributed by atoms with E-state index in [2.05, 4.69) is 15.6 Å². The summed E-state index contributed by atoms with van der Waals surface area (Å²) in [5.74, 6) is -0.303. The van der Waals surface area contributed by atoms with Crippen LogP contribution < -0.4 is 10.6 Å². The molecule has 0 aliphatic carbocycles. The number of H-pyrrole nitrogens is 1. The highest BCUT2D eigenvalue weighted by atomic mass is 16.2. The van der Waals surface area contributed by atoms with Crippen LogP contribution in [0.4, 0.5) is 5.69 Å². The summed E-state index contributed by atoms with van der Waals surface area (Å²) in [4.78, 5) is 25.9. The zero-order valence-corrected chi connectivity index (χ0v) is 11.3. The molecule has 0 atom stereocenters. The van der Waals surface area contributed by atoms with Crippen LogP contribution in [0.1, 0.15) is 22.8 Å². The van der Waals surface area contributed by atoms with Crippen molar-refractivity contribution in [2.24, 2.45) is 0 Å². The van der Waals surface area contributed by atoms with Crippen LogP contribution >= 0.6 is 0 Å². The number of aromatic amines is 1. The Balaban J connectivity index is 1.90. The van der Waals surface area contributed by atoms with Crippen molar-refractivity contribution < 1.29 is 9.59 Å². The number of carbonyl (C=O) groups excluding carboxylic acids is 2. The van der Waals surface area contributed by atoms with Gasteiger partial charge in [0.25, 0.3) is 5.91 Å². The van der Waals surface area contributed by atoms with Crippen LogP contribution in [-0.4, -0.2) is 23.3 Å². The van der Waals surface area contributed by atoms with E-state index in [9.17, 15) is 9.59 Å². The van der Waals surface area contributed by atoms with Gasteiger partial charge < -0.3 is 15.6 Å². The number of aromatic nitrogens is 1. The van der Waals surface area contributed by atoms with Crippen molar-refractivity contribution in [2.75, 3.05) is 11.9 Å². The normalized spacial score (nSPS) is 10.1. The minimum atomic E-state index is -0.157. The van der Waals surface area contributed by atoms with Gasteiger partial charge in [0.05, 0.1) is 0 Å².